The molecular weight excluding hydrogens is 216 g/mol. The zero-order valence-corrected chi connectivity index (χ0v) is 10.0. The summed E-state index contributed by atoms with van der Waals surface area (Å²) in [5.74, 6) is 0. The Morgan fingerprint density at radius 1 is 1.47 bits per heavy atom. The molecule has 17 heavy (non-hydrogen) atoms. The SMILES string of the molecule is CO[C@H](CC[C@H]1COC(N)=N1)c1ccccc1. The lowest BCUT2D eigenvalue weighted by Gasteiger charge is -2.16. The van der Waals surface area contributed by atoms with Crippen molar-refractivity contribution in [3.8, 4) is 0 Å². The van der Waals surface area contributed by atoms with Crippen LogP contribution in [-0.4, -0.2) is 25.8 Å². The molecule has 0 bridgehead atoms. The van der Waals surface area contributed by atoms with E-state index >= 15 is 0 Å². The Hall–Kier alpha value is -1.55. The molecule has 4 nitrogen and oxygen atoms in total. The summed E-state index contributed by atoms with van der Waals surface area (Å²) in [6, 6.07) is 10.7. The van der Waals surface area contributed by atoms with Crippen molar-refractivity contribution >= 4 is 6.02 Å². The van der Waals surface area contributed by atoms with Gasteiger partial charge in [0.2, 0.25) is 0 Å². The van der Waals surface area contributed by atoms with Crippen LogP contribution in [0.3, 0.4) is 0 Å². The molecule has 0 saturated heterocycles. The van der Waals surface area contributed by atoms with Gasteiger partial charge in [-0.05, 0) is 18.4 Å². The van der Waals surface area contributed by atoms with E-state index in [2.05, 4.69) is 17.1 Å². The van der Waals surface area contributed by atoms with E-state index in [4.69, 9.17) is 15.2 Å². The second kappa shape index (κ2) is 5.68. The van der Waals surface area contributed by atoms with Gasteiger partial charge < -0.3 is 15.2 Å². The molecular formula is C13H18N2O2. The number of hydrogen-bond donors (Lipinski definition) is 1. The second-order valence-corrected chi connectivity index (χ2v) is 4.14. The number of rotatable bonds is 5. The average Bonchev–Trinajstić information content (AvgIpc) is 2.77. The number of benzene rings is 1. The van der Waals surface area contributed by atoms with Gasteiger partial charge in [0.1, 0.15) is 6.61 Å². The Labute approximate surface area is 101 Å². The number of aliphatic imine (C=N–C) groups is 1. The lowest BCUT2D eigenvalue weighted by Crippen LogP contribution is -2.11. The van der Waals surface area contributed by atoms with Crippen LogP contribution in [0, 0.1) is 0 Å². The first-order valence-corrected chi connectivity index (χ1v) is 5.83. The van der Waals surface area contributed by atoms with Crippen LogP contribution in [0.25, 0.3) is 0 Å². The van der Waals surface area contributed by atoms with E-state index < -0.39 is 0 Å². The summed E-state index contributed by atoms with van der Waals surface area (Å²) in [6.45, 7) is 0.594. The number of methoxy groups -OCH3 is 1. The maximum absolute atomic E-state index is 5.50. The summed E-state index contributed by atoms with van der Waals surface area (Å²) < 4.78 is 10.6. The Bertz CT molecular complexity index is 378. The summed E-state index contributed by atoms with van der Waals surface area (Å²) in [7, 11) is 1.74. The Kier molecular flexibility index (Phi) is 3.98. The predicted octanol–water partition coefficient (Wildman–Crippen LogP) is 1.87. The van der Waals surface area contributed by atoms with Crippen LogP contribution in [0.5, 0.6) is 0 Å². The van der Waals surface area contributed by atoms with Gasteiger partial charge >= 0.3 is 0 Å². The normalized spacial score (nSPS) is 20.8. The van der Waals surface area contributed by atoms with Gasteiger partial charge in [-0.25, -0.2) is 4.99 Å². The highest BCUT2D eigenvalue weighted by atomic mass is 16.5. The Morgan fingerprint density at radius 3 is 2.82 bits per heavy atom. The monoisotopic (exact) mass is 234 g/mol. The van der Waals surface area contributed by atoms with Crippen LogP contribution in [0.4, 0.5) is 0 Å². The summed E-state index contributed by atoms with van der Waals surface area (Å²) in [6.07, 6.45) is 1.97. The summed E-state index contributed by atoms with van der Waals surface area (Å²) in [4.78, 5) is 4.21. The van der Waals surface area contributed by atoms with E-state index in [1.54, 1.807) is 7.11 Å². The highest BCUT2D eigenvalue weighted by Crippen LogP contribution is 2.23. The molecule has 92 valence electrons. The molecule has 0 unspecified atom stereocenters. The van der Waals surface area contributed by atoms with Crippen molar-refractivity contribution in [3.05, 3.63) is 35.9 Å². The number of hydrogen-bond acceptors (Lipinski definition) is 4. The van der Waals surface area contributed by atoms with Crippen molar-refractivity contribution in [1.29, 1.82) is 0 Å². The lowest BCUT2D eigenvalue weighted by molar-refractivity contribution is 0.0911. The quantitative estimate of drug-likeness (QED) is 0.846. The van der Waals surface area contributed by atoms with Crippen molar-refractivity contribution in [3.63, 3.8) is 0 Å². The van der Waals surface area contributed by atoms with Crippen molar-refractivity contribution < 1.29 is 9.47 Å². The van der Waals surface area contributed by atoms with E-state index in [0.29, 0.717) is 12.6 Å². The fourth-order valence-corrected chi connectivity index (χ4v) is 2.02. The van der Waals surface area contributed by atoms with E-state index in [1.807, 2.05) is 18.2 Å². The van der Waals surface area contributed by atoms with Gasteiger partial charge in [-0.1, -0.05) is 30.3 Å². The maximum Gasteiger partial charge on any atom is 0.282 e. The van der Waals surface area contributed by atoms with E-state index in [0.717, 1.165) is 12.8 Å². The minimum Gasteiger partial charge on any atom is -0.463 e. The van der Waals surface area contributed by atoms with Gasteiger partial charge in [0.15, 0.2) is 0 Å². The van der Waals surface area contributed by atoms with E-state index in [9.17, 15) is 0 Å². The van der Waals surface area contributed by atoms with Gasteiger partial charge in [0.05, 0.1) is 12.1 Å². The molecule has 0 fully saturated rings. The minimum atomic E-state index is 0.119. The lowest BCUT2D eigenvalue weighted by atomic mass is 10.0. The van der Waals surface area contributed by atoms with Gasteiger partial charge in [-0.3, -0.25) is 0 Å². The Balaban J connectivity index is 1.88. The minimum absolute atomic E-state index is 0.119. The largest absolute Gasteiger partial charge is 0.463 e. The van der Waals surface area contributed by atoms with Gasteiger partial charge in [-0.15, -0.1) is 0 Å². The predicted molar refractivity (Wildman–Crippen MR) is 66.8 cm³/mol. The molecule has 1 aliphatic heterocycles. The first kappa shape index (κ1) is 11.9. The molecule has 4 heteroatoms. The van der Waals surface area contributed by atoms with Gasteiger partial charge in [0, 0.05) is 7.11 Å². The second-order valence-electron chi connectivity index (χ2n) is 4.14. The van der Waals surface area contributed by atoms with Crippen molar-refractivity contribution in [2.75, 3.05) is 13.7 Å². The molecule has 2 atom stereocenters. The Morgan fingerprint density at radius 2 is 2.24 bits per heavy atom. The highest BCUT2D eigenvalue weighted by Gasteiger charge is 2.19. The molecule has 0 aliphatic carbocycles. The van der Waals surface area contributed by atoms with Crippen LogP contribution in [0.2, 0.25) is 0 Å². The number of nitrogens with zero attached hydrogens (tertiary/aromatic N) is 1. The molecule has 1 heterocycles. The molecule has 0 aromatic heterocycles. The molecule has 1 aliphatic rings. The molecule has 0 spiro atoms. The standard InChI is InChI=1S/C13H18N2O2/c1-16-12(10-5-3-2-4-6-10)8-7-11-9-17-13(14)15-11/h2-6,11-12H,7-9H2,1H3,(H2,14,15)/t11-,12+/m0/s1. The zero-order chi connectivity index (χ0) is 12.1. The van der Waals surface area contributed by atoms with Crippen LogP contribution in [0.15, 0.2) is 35.3 Å². The van der Waals surface area contributed by atoms with Crippen molar-refractivity contribution in [2.24, 2.45) is 10.7 Å². The van der Waals surface area contributed by atoms with Crippen LogP contribution < -0.4 is 5.73 Å². The summed E-state index contributed by atoms with van der Waals surface area (Å²) in [5, 5.41) is 0. The number of nitrogens with two attached hydrogens (primary N) is 1. The summed E-state index contributed by atoms with van der Waals surface area (Å²) >= 11 is 0. The fourth-order valence-electron chi connectivity index (χ4n) is 2.02. The molecule has 0 amide bonds. The molecule has 2 N–H and O–H groups in total. The maximum atomic E-state index is 5.50. The average molecular weight is 234 g/mol. The van der Waals surface area contributed by atoms with Crippen molar-refractivity contribution in [1.82, 2.24) is 0 Å². The number of amidine groups is 1. The zero-order valence-electron chi connectivity index (χ0n) is 10.0. The molecule has 0 saturated carbocycles. The van der Waals surface area contributed by atoms with Crippen molar-refractivity contribution in [2.45, 2.75) is 25.0 Å². The topological polar surface area (TPSA) is 56.8 Å². The molecule has 1 aromatic carbocycles. The van der Waals surface area contributed by atoms with Gasteiger partial charge in [0.25, 0.3) is 6.02 Å². The van der Waals surface area contributed by atoms with Crippen LogP contribution in [0.1, 0.15) is 24.5 Å². The summed E-state index contributed by atoms with van der Waals surface area (Å²) in [5.41, 5.74) is 6.67. The molecule has 1 aromatic rings. The third-order valence-corrected chi connectivity index (χ3v) is 2.95. The first-order valence-electron chi connectivity index (χ1n) is 5.83. The van der Waals surface area contributed by atoms with E-state index in [-0.39, 0.29) is 12.1 Å². The smallest absolute Gasteiger partial charge is 0.282 e. The first-order chi connectivity index (χ1) is 8.29. The van der Waals surface area contributed by atoms with E-state index in [1.165, 1.54) is 5.56 Å². The molecule has 0 radical (unpaired) electrons. The van der Waals surface area contributed by atoms with Crippen LogP contribution >= 0.6 is 0 Å². The third kappa shape index (κ3) is 3.20. The number of ether oxygens (including phenoxy) is 2. The molecule has 2 rings (SSSR count). The van der Waals surface area contributed by atoms with Gasteiger partial charge in [-0.2, -0.15) is 0 Å². The van der Waals surface area contributed by atoms with Crippen LogP contribution in [-0.2, 0) is 9.47 Å². The highest BCUT2D eigenvalue weighted by molar-refractivity contribution is 5.72. The fraction of sp³-hybridized carbons (Fsp3) is 0.462. The third-order valence-electron chi connectivity index (χ3n) is 2.95.